The third-order valence-electron chi connectivity index (χ3n) is 3.74. The van der Waals surface area contributed by atoms with E-state index in [1.54, 1.807) is 11.3 Å². The van der Waals surface area contributed by atoms with Crippen molar-refractivity contribution < 1.29 is 4.79 Å². The van der Waals surface area contributed by atoms with Crippen LogP contribution >= 0.6 is 11.3 Å². The van der Waals surface area contributed by atoms with Crippen molar-refractivity contribution in [3.05, 3.63) is 18.2 Å². The highest BCUT2D eigenvalue weighted by Crippen LogP contribution is 2.37. The Balaban J connectivity index is 1.92. The number of aromatic nitrogens is 1. The maximum atomic E-state index is 11.5. The Morgan fingerprint density at radius 3 is 3.00 bits per heavy atom. The predicted molar refractivity (Wildman–Crippen MR) is 78.2 cm³/mol. The van der Waals surface area contributed by atoms with Crippen LogP contribution in [0.4, 0.5) is 10.8 Å². The van der Waals surface area contributed by atoms with Gasteiger partial charge in [-0.25, -0.2) is 4.98 Å². The van der Waals surface area contributed by atoms with Crippen molar-refractivity contribution in [2.24, 2.45) is 11.1 Å². The van der Waals surface area contributed by atoms with E-state index in [1.807, 2.05) is 25.1 Å². The molecule has 1 aromatic carbocycles. The van der Waals surface area contributed by atoms with Gasteiger partial charge >= 0.3 is 0 Å². The highest BCUT2D eigenvalue weighted by molar-refractivity contribution is 7.22. The predicted octanol–water partition coefficient (Wildman–Crippen LogP) is 1.58. The number of anilines is 2. The highest BCUT2D eigenvalue weighted by atomic mass is 32.1. The van der Waals surface area contributed by atoms with Gasteiger partial charge in [-0.3, -0.25) is 4.79 Å². The van der Waals surface area contributed by atoms with Crippen LogP contribution in [0.3, 0.4) is 0 Å². The first-order valence-corrected chi connectivity index (χ1v) is 7.00. The van der Waals surface area contributed by atoms with Gasteiger partial charge in [-0.15, -0.1) is 0 Å². The van der Waals surface area contributed by atoms with Crippen LogP contribution in [-0.4, -0.2) is 24.0 Å². The molecule has 2 heterocycles. The Kier molecular flexibility index (Phi) is 2.63. The molecule has 0 saturated carbocycles. The summed E-state index contributed by atoms with van der Waals surface area (Å²) < 4.78 is 1.07. The lowest BCUT2D eigenvalue weighted by Gasteiger charge is -2.20. The molecule has 1 aliphatic rings. The van der Waals surface area contributed by atoms with Crippen molar-refractivity contribution in [2.45, 2.75) is 13.3 Å². The summed E-state index contributed by atoms with van der Waals surface area (Å²) in [5.41, 5.74) is 12.5. The minimum atomic E-state index is -0.448. The summed E-state index contributed by atoms with van der Waals surface area (Å²) in [5, 5.41) is 0.936. The molecule has 1 aliphatic heterocycles. The van der Waals surface area contributed by atoms with Gasteiger partial charge in [-0.05, 0) is 31.5 Å². The summed E-state index contributed by atoms with van der Waals surface area (Å²) in [5.74, 6) is -0.236. The van der Waals surface area contributed by atoms with Gasteiger partial charge in [0.25, 0.3) is 0 Å². The summed E-state index contributed by atoms with van der Waals surface area (Å²) >= 11 is 1.60. The molecule has 6 heteroatoms. The van der Waals surface area contributed by atoms with Gasteiger partial charge in [0.2, 0.25) is 5.91 Å². The molecule has 1 atom stereocenters. The number of nitrogens with two attached hydrogens (primary N) is 2. The number of primary amides is 1. The molecular weight excluding hydrogens is 260 g/mol. The van der Waals surface area contributed by atoms with Crippen molar-refractivity contribution in [3.8, 4) is 0 Å². The Hall–Kier alpha value is -1.82. The Morgan fingerprint density at radius 2 is 2.32 bits per heavy atom. The van der Waals surface area contributed by atoms with E-state index in [4.69, 9.17) is 11.5 Å². The second kappa shape index (κ2) is 4.09. The van der Waals surface area contributed by atoms with Crippen LogP contribution in [0, 0.1) is 5.41 Å². The monoisotopic (exact) mass is 276 g/mol. The average molecular weight is 276 g/mol. The number of fused-ring (bicyclic) bond motifs is 1. The van der Waals surface area contributed by atoms with Gasteiger partial charge in [0, 0.05) is 18.8 Å². The van der Waals surface area contributed by atoms with Crippen molar-refractivity contribution >= 4 is 38.3 Å². The second-order valence-corrected chi connectivity index (χ2v) is 6.33. The lowest BCUT2D eigenvalue weighted by Crippen LogP contribution is -2.37. The minimum Gasteiger partial charge on any atom is -0.399 e. The van der Waals surface area contributed by atoms with E-state index in [0.29, 0.717) is 6.54 Å². The van der Waals surface area contributed by atoms with Crippen molar-refractivity contribution in [2.75, 3.05) is 23.7 Å². The minimum absolute atomic E-state index is 0.236. The normalized spacial score (nSPS) is 23.1. The van der Waals surface area contributed by atoms with Gasteiger partial charge in [0.05, 0.1) is 15.6 Å². The van der Waals surface area contributed by atoms with E-state index >= 15 is 0 Å². The zero-order valence-corrected chi connectivity index (χ0v) is 11.5. The molecule has 1 amide bonds. The summed E-state index contributed by atoms with van der Waals surface area (Å²) in [7, 11) is 0. The standard InChI is InChI=1S/C13H16N4OS/c1-13(11(15)18)4-5-17(7-13)12-16-9-3-2-8(14)6-10(9)19-12/h2-3,6H,4-5,7,14H2,1H3,(H2,15,18). The van der Waals surface area contributed by atoms with E-state index in [9.17, 15) is 4.79 Å². The number of benzene rings is 1. The van der Waals surface area contributed by atoms with Crippen LogP contribution in [0.25, 0.3) is 10.2 Å². The lowest BCUT2D eigenvalue weighted by molar-refractivity contribution is -0.125. The van der Waals surface area contributed by atoms with Crippen LogP contribution in [0.5, 0.6) is 0 Å². The number of rotatable bonds is 2. The molecule has 19 heavy (non-hydrogen) atoms. The molecule has 1 saturated heterocycles. The Labute approximate surface area is 115 Å². The molecule has 4 N–H and O–H groups in total. The van der Waals surface area contributed by atoms with E-state index in [1.165, 1.54) is 0 Å². The van der Waals surface area contributed by atoms with Crippen molar-refractivity contribution in [1.82, 2.24) is 4.98 Å². The second-order valence-electron chi connectivity index (χ2n) is 5.32. The van der Waals surface area contributed by atoms with E-state index in [2.05, 4.69) is 9.88 Å². The number of nitrogen functional groups attached to an aromatic ring is 1. The lowest BCUT2D eigenvalue weighted by atomic mass is 9.89. The molecule has 3 rings (SSSR count). The molecule has 0 radical (unpaired) electrons. The number of carbonyl (C=O) groups is 1. The molecular formula is C13H16N4OS. The van der Waals surface area contributed by atoms with Gasteiger partial charge in [0.1, 0.15) is 0 Å². The maximum Gasteiger partial charge on any atom is 0.225 e. The third kappa shape index (κ3) is 2.02. The van der Waals surface area contributed by atoms with Gasteiger partial charge < -0.3 is 16.4 Å². The third-order valence-corrected chi connectivity index (χ3v) is 4.82. The molecule has 1 unspecified atom stereocenters. The molecule has 1 aromatic heterocycles. The molecule has 5 nitrogen and oxygen atoms in total. The number of thiazole rings is 1. The Bertz CT molecular complexity index is 653. The van der Waals surface area contributed by atoms with E-state index < -0.39 is 5.41 Å². The van der Waals surface area contributed by atoms with Crippen LogP contribution in [0.15, 0.2) is 18.2 Å². The molecule has 100 valence electrons. The van der Waals surface area contributed by atoms with Crippen molar-refractivity contribution in [1.29, 1.82) is 0 Å². The topological polar surface area (TPSA) is 85.2 Å². The smallest absolute Gasteiger partial charge is 0.225 e. The Morgan fingerprint density at radius 1 is 1.53 bits per heavy atom. The zero-order valence-electron chi connectivity index (χ0n) is 10.7. The van der Waals surface area contributed by atoms with Crippen LogP contribution in [0.1, 0.15) is 13.3 Å². The fourth-order valence-corrected chi connectivity index (χ4v) is 3.43. The zero-order chi connectivity index (χ0) is 13.6. The van der Waals surface area contributed by atoms with E-state index in [0.717, 1.165) is 34.0 Å². The fraction of sp³-hybridized carbons (Fsp3) is 0.385. The number of nitrogens with zero attached hydrogens (tertiary/aromatic N) is 2. The number of carbonyl (C=O) groups excluding carboxylic acids is 1. The molecule has 2 aromatic rings. The van der Waals surface area contributed by atoms with Gasteiger partial charge in [-0.2, -0.15) is 0 Å². The molecule has 1 fully saturated rings. The maximum absolute atomic E-state index is 11.5. The van der Waals surface area contributed by atoms with E-state index in [-0.39, 0.29) is 5.91 Å². The first-order chi connectivity index (χ1) is 8.98. The average Bonchev–Trinajstić information content (AvgIpc) is 2.93. The number of hydrogen-bond acceptors (Lipinski definition) is 5. The fourth-order valence-electron chi connectivity index (χ4n) is 2.39. The highest BCUT2D eigenvalue weighted by Gasteiger charge is 2.39. The van der Waals surface area contributed by atoms with Crippen LogP contribution in [0.2, 0.25) is 0 Å². The molecule has 0 spiro atoms. The summed E-state index contributed by atoms with van der Waals surface area (Å²) in [6, 6.07) is 5.71. The van der Waals surface area contributed by atoms with Gasteiger partial charge in [0.15, 0.2) is 5.13 Å². The SMILES string of the molecule is CC1(C(N)=O)CCN(c2nc3ccc(N)cc3s2)C1. The molecule has 0 aliphatic carbocycles. The first-order valence-electron chi connectivity index (χ1n) is 6.19. The number of amides is 1. The molecule has 0 bridgehead atoms. The van der Waals surface area contributed by atoms with Crippen LogP contribution in [-0.2, 0) is 4.79 Å². The first kappa shape index (κ1) is 12.2. The van der Waals surface area contributed by atoms with Crippen molar-refractivity contribution in [3.63, 3.8) is 0 Å². The summed E-state index contributed by atoms with van der Waals surface area (Å²) in [4.78, 5) is 18.2. The quantitative estimate of drug-likeness (QED) is 0.815. The largest absolute Gasteiger partial charge is 0.399 e. The van der Waals surface area contributed by atoms with Gasteiger partial charge in [-0.1, -0.05) is 11.3 Å². The summed E-state index contributed by atoms with van der Waals surface area (Å²) in [6.07, 6.45) is 0.778. The number of hydrogen-bond donors (Lipinski definition) is 2. The van der Waals surface area contributed by atoms with Crippen LogP contribution < -0.4 is 16.4 Å². The summed E-state index contributed by atoms with van der Waals surface area (Å²) in [6.45, 7) is 3.37.